The van der Waals surface area contributed by atoms with Crippen molar-refractivity contribution in [1.29, 1.82) is 0 Å². The van der Waals surface area contributed by atoms with Gasteiger partial charge in [0.15, 0.2) is 0 Å². The number of rotatable bonds is 8. The summed E-state index contributed by atoms with van der Waals surface area (Å²) in [6, 6.07) is 9.28. The van der Waals surface area contributed by atoms with Crippen LogP contribution < -0.4 is 5.73 Å². The molecule has 3 heteroatoms. The van der Waals surface area contributed by atoms with Gasteiger partial charge < -0.3 is 10.8 Å². The Morgan fingerprint density at radius 1 is 1.09 bits per heavy atom. The molecule has 0 aromatic heterocycles. The van der Waals surface area contributed by atoms with Gasteiger partial charge in [-0.1, -0.05) is 63.3 Å². The number of benzene rings is 2. The van der Waals surface area contributed by atoms with E-state index in [-0.39, 0.29) is 5.75 Å². The number of phenols is 1. The normalized spacial score (nSPS) is 11.0. The van der Waals surface area contributed by atoms with Crippen LogP contribution in [-0.2, 0) is 6.42 Å². The number of phenolic OH excluding ortho intramolecular Hbond substituents is 1. The number of aromatic hydroxyl groups is 1. The summed E-state index contributed by atoms with van der Waals surface area (Å²) >= 11 is 0. The van der Waals surface area contributed by atoms with Crippen molar-refractivity contribution < 1.29 is 9.90 Å². The van der Waals surface area contributed by atoms with Gasteiger partial charge in [0.1, 0.15) is 5.75 Å². The molecule has 0 saturated carbocycles. The van der Waals surface area contributed by atoms with Gasteiger partial charge >= 0.3 is 0 Å². The van der Waals surface area contributed by atoms with Crippen molar-refractivity contribution in [3.8, 4) is 5.75 Å². The minimum absolute atomic E-state index is 0.182. The number of hydrogen-bond donors (Lipinski definition) is 2. The van der Waals surface area contributed by atoms with E-state index in [9.17, 15) is 9.90 Å². The third-order valence-electron chi connectivity index (χ3n) is 4.16. The molecular formula is C19H25NO2. The summed E-state index contributed by atoms with van der Waals surface area (Å²) in [4.78, 5) is 11.9. The summed E-state index contributed by atoms with van der Waals surface area (Å²) in [6.45, 7) is 2.20. The summed E-state index contributed by atoms with van der Waals surface area (Å²) in [5.41, 5.74) is 6.74. The third-order valence-corrected chi connectivity index (χ3v) is 4.16. The van der Waals surface area contributed by atoms with Gasteiger partial charge in [-0.3, -0.25) is 4.79 Å². The lowest BCUT2D eigenvalue weighted by atomic mass is 9.93. The molecule has 0 radical (unpaired) electrons. The van der Waals surface area contributed by atoms with Gasteiger partial charge in [-0.25, -0.2) is 0 Å². The second kappa shape index (κ2) is 7.83. The Labute approximate surface area is 132 Å². The highest BCUT2D eigenvalue weighted by Crippen LogP contribution is 2.31. The van der Waals surface area contributed by atoms with Crippen LogP contribution in [0.4, 0.5) is 0 Å². The Morgan fingerprint density at radius 3 is 2.50 bits per heavy atom. The topological polar surface area (TPSA) is 63.3 Å². The number of hydrogen-bond acceptors (Lipinski definition) is 2. The highest BCUT2D eigenvalue weighted by Gasteiger charge is 2.16. The standard InChI is InChI=1S/C19H25NO2/c1-2-3-4-5-6-7-12-16-17(21)13-14-10-8-9-11-15(14)18(16)19(20)22/h8-11,13,21H,2-7,12H2,1H3,(H2,20,22). The SMILES string of the molecule is CCCCCCCCc1c(O)cc2ccccc2c1C(N)=O. The van der Waals surface area contributed by atoms with Crippen LogP contribution in [0.5, 0.6) is 5.75 Å². The molecular weight excluding hydrogens is 274 g/mol. The van der Waals surface area contributed by atoms with Crippen LogP contribution >= 0.6 is 0 Å². The van der Waals surface area contributed by atoms with Crippen LogP contribution in [0.1, 0.15) is 61.4 Å². The fraction of sp³-hybridized carbons (Fsp3) is 0.421. The van der Waals surface area contributed by atoms with Gasteiger partial charge in [0, 0.05) is 5.56 Å². The minimum Gasteiger partial charge on any atom is -0.508 e. The second-order valence-electron chi connectivity index (χ2n) is 5.85. The molecule has 0 aliphatic carbocycles. The molecule has 0 unspecified atom stereocenters. The van der Waals surface area contributed by atoms with Crippen LogP contribution in [0.2, 0.25) is 0 Å². The monoisotopic (exact) mass is 299 g/mol. The van der Waals surface area contributed by atoms with Crippen LogP contribution in [0.15, 0.2) is 30.3 Å². The Balaban J connectivity index is 2.19. The molecule has 118 valence electrons. The van der Waals surface area contributed by atoms with Crippen LogP contribution in [0, 0.1) is 0 Å². The summed E-state index contributed by atoms with van der Waals surface area (Å²) in [7, 11) is 0. The third kappa shape index (κ3) is 3.79. The van der Waals surface area contributed by atoms with Crippen molar-refractivity contribution >= 4 is 16.7 Å². The Kier molecular flexibility index (Phi) is 5.82. The molecule has 2 aromatic rings. The van der Waals surface area contributed by atoms with E-state index in [0.717, 1.165) is 23.6 Å². The number of primary amides is 1. The molecule has 2 aromatic carbocycles. The first-order valence-electron chi connectivity index (χ1n) is 8.18. The molecule has 1 amide bonds. The highest BCUT2D eigenvalue weighted by molar-refractivity contribution is 6.08. The fourth-order valence-electron chi connectivity index (χ4n) is 2.99. The lowest BCUT2D eigenvalue weighted by molar-refractivity contribution is 0.100. The van der Waals surface area contributed by atoms with Crippen molar-refractivity contribution in [2.24, 2.45) is 5.73 Å². The molecule has 0 fully saturated rings. The van der Waals surface area contributed by atoms with Gasteiger partial charge in [0.25, 0.3) is 0 Å². The van der Waals surface area contributed by atoms with Crippen LogP contribution in [0.3, 0.4) is 0 Å². The average Bonchev–Trinajstić information content (AvgIpc) is 2.50. The maximum atomic E-state index is 11.9. The van der Waals surface area contributed by atoms with Crippen molar-refractivity contribution in [2.45, 2.75) is 51.9 Å². The largest absolute Gasteiger partial charge is 0.508 e. The average molecular weight is 299 g/mol. The molecule has 0 heterocycles. The zero-order valence-electron chi connectivity index (χ0n) is 13.3. The predicted octanol–water partition coefficient (Wildman–Crippen LogP) is 4.55. The van der Waals surface area contributed by atoms with E-state index in [1.807, 2.05) is 24.3 Å². The first kappa shape index (κ1) is 16.3. The first-order valence-corrected chi connectivity index (χ1v) is 8.18. The number of nitrogens with two attached hydrogens (primary N) is 1. The lowest BCUT2D eigenvalue weighted by Crippen LogP contribution is -2.14. The van der Waals surface area contributed by atoms with Gasteiger partial charge in [-0.15, -0.1) is 0 Å². The van der Waals surface area contributed by atoms with Crippen molar-refractivity contribution in [3.05, 3.63) is 41.5 Å². The maximum Gasteiger partial charge on any atom is 0.249 e. The molecule has 2 rings (SSSR count). The smallest absolute Gasteiger partial charge is 0.249 e. The summed E-state index contributed by atoms with van der Waals surface area (Å²) in [5.74, 6) is -0.283. The number of unbranched alkanes of at least 4 members (excludes halogenated alkanes) is 5. The molecule has 0 saturated heterocycles. The summed E-state index contributed by atoms with van der Waals surface area (Å²) in [6.07, 6.45) is 7.74. The van der Waals surface area contributed by atoms with Crippen LogP contribution in [-0.4, -0.2) is 11.0 Å². The molecule has 22 heavy (non-hydrogen) atoms. The predicted molar refractivity (Wildman–Crippen MR) is 91.2 cm³/mol. The Hall–Kier alpha value is -2.03. The van der Waals surface area contributed by atoms with E-state index in [4.69, 9.17) is 5.73 Å². The van der Waals surface area contributed by atoms with Crippen molar-refractivity contribution in [1.82, 2.24) is 0 Å². The van der Waals surface area contributed by atoms with E-state index in [1.54, 1.807) is 6.07 Å². The van der Waals surface area contributed by atoms with Crippen LogP contribution in [0.25, 0.3) is 10.8 Å². The number of carbonyl (C=O) groups excluding carboxylic acids is 1. The molecule has 3 N–H and O–H groups in total. The van der Waals surface area contributed by atoms with Gasteiger partial charge in [0.2, 0.25) is 5.91 Å². The number of fused-ring (bicyclic) bond motifs is 1. The molecule has 3 nitrogen and oxygen atoms in total. The lowest BCUT2D eigenvalue weighted by Gasteiger charge is -2.13. The van der Waals surface area contributed by atoms with E-state index in [2.05, 4.69) is 6.92 Å². The molecule has 0 bridgehead atoms. The molecule has 0 atom stereocenters. The maximum absolute atomic E-state index is 11.9. The molecule has 0 spiro atoms. The van der Waals surface area contributed by atoms with Crippen molar-refractivity contribution in [3.63, 3.8) is 0 Å². The number of amides is 1. The summed E-state index contributed by atoms with van der Waals surface area (Å²) < 4.78 is 0. The molecule has 0 aliphatic heterocycles. The van der Waals surface area contributed by atoms with Gasteiger partial charge in [0.05, 0.1) is 5.56 Å². The summed E-state index contributed by atoms with van der Waals surface area (Å²) in [5, 5.41) is 11.9. The van der Waals surface area contributed by atoms with Crippen molar-refractivity contribution in [2.75, 3.05) is 0 Å². The van der Waals surface area contributed by atoms with E-state index in [0.29, 0.717) is 17.5 Å². The highest BCUT2D eigenvalue weighted by atomic mass is 16.3. The van der Waals surface area contributed by atoms with E-state index < -0.39 is 5.91 Å². The quantitative estimate of drug-likeness (QED) is 0.702. The zero-order valence-corrected chi connectivity index (χ0v) is 13.3. The minimum atomic E-state index is -0.465. The van der Waals surface area contributed by atoms with E-state index >= 15 is 0 Å². The second-order valence-corrected chi connectivity index (χ2v) is 5.85. The van der Waals surface area contributed by atoms with E-state index in [1.165, 1.54) is 25.7 Å². The zero-order chi connectivity index (χ0) is 15.9. The molecule has 0 aliphatic rings. The van der Waals surface area contributed by atoms with Gasteiger partial charge in [-0.2, -0.15) is 0 Å². The Morgan fingerprint density at radius 2 is 1.77 bits per heavy atom. The fourth-order valence-corrected chi connectivity index (χ4v) is 2.99. The van der Waals surface area contributed by atoms with Gasteiger partial charge in [-0.05, 0) is 29.7 Å². The Bertz CT molecular complexity index is 649. The first-order chi connectivity index (χ1) is 10.6. The number of carbonyl (C=O) groups is 1.